The van der Waals surface area contributed by atoms with Crippen molar-refractivity contribution in [2.75, 3.05) is 20.8 Å². The highest BCUT2D eigenvalue weighted by molar-refractivity contribution is 14.1. The molecule has 0 saturated heterocycles. The van der Waals surface area contributed by atoms with Crippen LogP contribution in [-0.4, -0.2) is 32.7 Å². The lowest BCUT2D eigenvalue weighted by Gasteiger charge is -2.18. The Kier molecular flexibility index (Phi) is 5.49. The molecule has 1 aliphatic rings. The first kappa shape index (κ1) is 16.9. The van der Waals surface area contributed by atoms with Gasteiger partial charge in [0.05, 0.1) is 24.4 Å². The lowest BCUT2D eigenvalue weighted by atomic mass is 9.97. The number of carbonyl (C=O) groups is 2. The van der Waals surface area contributed by atoms with Crippen LogP contribution < -0.4 is 15.2 Å². The molecule has 1 fully saturated rings. The average molecular weight is 419 g/mol. The van der Waals surface area contributed by atoms with Gasteiger partial charge >= 0.3 is 5.97 Å². The highest BCUT2D eigenvalue weighted by Gasteiger charge is 2.33. The van der Waals surface area contributed by atoms with Crippen LogP contribution in [0.2, 0.25) is 0 Å². The quantitative estimate of drug-likeness (QED) is 0.414. The third-order valence-corrected chi connectivity index (χ3v) is 4.34. The number of primary amides is 1. The number of esters is 1. The van der Waals surface area contributed by atoms with Crippen LogP contribution >= 0.6 is 22.6 Å². The van der Waals surface area contributed by atoms with Crippen molar-refractivity contribution in [1.29, 1.82) is 0 Å². The topological polar surface area (TPSA) is 87.9 Å². The summed E-state index contributed by atoms with van der Waals surface area (Å²) in [7, 11) is 2.98. The number of ether oxygens (including phenoxy) is 3. The number of amides is 1. The van der Waals surface area contributed by atoms with Crippen molar-refractivity contribution in [2.45, 2.75) is 18.8 Å². The Bertz CT molecular complexity index is 586. The first-order chi connectivity index (χ1) is 10.5. The fraction of sp³-hybridized carbons (Fsp3) is 0.467. The van der Waals surface area contributed by atoms with Crippen LogP contribution in [0.5, 0.6) is 11.5 Å². The van der Waals surface area contributed by atoms with Crippen LogP contribution in [0.1, 0.15) is 24.3 Å². The van der Waals surface area contributed by atoms with Gasteiger partial charge in [-0.05, 0) is 53.5 Å². The fourth-order valence-electron chi connectivity index (χ4n) is 2.07. The highest BCUT2D eigenvalue weighted by Crippen LogP contribution is 2.36. The van der Waals surface area contributed by atoms with E-state index in [-0.39, 0.29) is 0 Å². The second-order valence-electron chi connectivity index (χ2n) is 5.14. The normalized spacial score (nSPS) is 15.0. The highest BCUT2D eigenvalue weighted by atomic mass is 127. The van der Waals surface area contributed by atoms with E-state index in [0.717, 1.165) is 16.4 Å². The number of methoxy groups -OCH3 is 2. The molecule has 0 heterocycles. The van der Waals surface area contributed by atoms with Gasteiger partial charge < -0.3 is 19.9 Å². The summed E-state index contributed by atoms with van der Waals surface area (Å²) < 4.78 is 16.5. The number of benzene rings is 1. The van der Waals surface area contributed by atoms with E-state index in [1.807, 2.05) is 0 Å². The zero-order valence-corrected chi connectivity index (χ0v) is 14.6. The third kappa shape index (κ3) is 3.82. The Morgan fingerprint density at radius 1 is 1.27 bits per heavy atom. The zero-order valence-electron chi connectivity index (χ0n) is 12.4. The van der Waals surface area contributed by atoms with E-state index in [9.17, 15) is 9.59 Å². The maximum atomic E-state index is 12.2. The molecule has 0 aromatic heterocycles. The molecule has 1 unspecified atom stereocenters. The van der Waals surface area contributed by atoms with Gasteiger partial charge in [-0.3, -0.25) is 9.59 Å². The molecule has 1 aromatic rings. The van der Waals surface area contributed by atoms with Crippen molar-refractivity contribution in [2.24, 2.45) is 11.7 Å². The molecular weight excluding hydrogens is 401 g/mol. The van der Waals surface area contributed by atoms with Crippen molar-refractivity contribution >= 4 is 34.5 Å². The average Bonchev–Trinajstić information content (AvgIpc) is 3.30. The van der Waals surface area contributed by atoms with Gasteiger partial charge in [0.2, 0.25) is 5.91 Å². The van der Waals surface area contributed by atoms with Crippen LogP contribution in [-0.2, 0) is 14.3 Å². The summed E-state index contributed by atoms with van der Waals surface area (Å²) in [5.41, 5.74) is 5.76. The molecule has 120 valence electrons. The number of nitrogens with two attached hydrogens (primary N) is 1. The molecule has 0 aliphatic heterocycles. The van der Waals surface area contributed by atoms with Gasteiger partial charge in [-0.15, -0.1) is 0 Å². The Hall–Kier alpha value is -1.51. The van der Waals surface area contributed by atoms with Gasteiger partial charge in [0.15, 0.2) is 5.92 Å². The summed E-state index contributed by atoms with van der Waals surface area (Å²) in [4.78, 5) is 24.0. The molecule has 2 N–H and O–H groups in total. The van der Waals surface area contributed by atoms with Gasteiger partial charge in [0.25, 0.3) is 0 Å². The predicted molar refractivity (Wildman–Crippen MR) is 87.9 cm³/mol. The number of hydrogen-bond acceptors (Lipinski definition) is 5. The summed E-state index contributed by atoms with van der Waals surface area (Å²) >= 11 is 2.08. The molecule has 1 amide bonds. The summed E-state index contributed by atoms with van der Waals surface area (Å²) in [6.45, 7) is 0.326. The van der Waals surface area contributed by atoms with Gasteiger partial charge in [-0.1, -0.05) is 0 Å². The predicted octanol–water partition coefficient (Wildman–Crippen LogP) is 1.83. The number of carbonyl (C=O) groups excluding carboxylic acids is 2. The van der Waals surface area contributed by atoms with Crippen molar-refractivity contribution in [3.63, 3.8) is 0 Å². The van der Waals surface area contributed by atoms with Gasteiger partial charge in [0, 0.05) is 5.56 Å². The summed E-state index contributed by atoms with van der Waals surface area (Å²) in [5, 5.41) is 0. The molecule has 22 heavy (non-hydrogen) atoms. The van der Waals surface area contributed by atoms with E-state index in [1.54, 1.807) is 12.1 Å². The van der Waals surface area contributed by atoms with Gasteiger partial charge in [-0.25, -0.2) is 0 Å². The standard InChI is InChI=1S/C15H18INO5/c1-20-11-6-10(16)12(21-2)5-9(11)13(14(17)18)15(19)22-7-8-3-4-8/h5-6,8,13H,3-4,7H2,1-2H3,(H2,17,18). The van der Waals surface area contributed by atoms with E-state index in [4.69, 9.17) is 19.9 Å². The molecule has 0 spiro atoms. The lowest BCUT2D eigenvalue weighted by molar-refractivity contribution is -0.148. The van der Waals surface area contributed by atoms with Crippen molar-refractivity contribution in [3.8, 4) is 11.5 Å². The van der Waals surface area contributed by atoms with E-state index < -0.39 is 17.8 Å². The van der Waals surface area contributed by atoms with Crippen molar-refractivity contribution < 1.29 is 23.8 Å². The molecule has 7 heteroatoms. The number of rotatable bonds is 7. The van der Waals surface area contributed by atoms with Crippen molar-refractivity contribution in [1.82, 2.24) is 0 Å². The van der Waals surface area contributed by atoms with E-state index in [1.165, 1.54) is 14.2 Å². The Morgan fingerprint density at radius 3 is 2.41 bits per heavy atom. The van der Waals surface area contributed by atoms with Crippen LogP contribution in [0, 0.1) is 9.49 Å². The number of hydrogen-bond donors (Lipinski definition) is 1. The van der Waals surface area contributed by atoms with Crippen molar-refractivity contribution in [3.05, 3.63) is 21.3 Å². The molecule has 1 aliphatic carbocycles. The number of halogens is 1. The third-order valence-electron chi connectivity index (χ3n) is 3.49. The Balaban J connectivity index is 2.33. The first-order valence-corrected chi connectivity index (χ1v) is 7.93. The SMILES string of the molecule is COc1cc(C(C(N)=O)C(=O)OCC2CC2)c(OC)cc1I. The van der Waals surface area contributed by atoms with E-state index >= 15 is 0 Å². The fourth-order valence-corrected chi connectivity index (χ4v) is 2.73. The molecule has 1 atom stereocenters. The maximum Gasteiger partial charge on any atom is 0.323 e. The molecule has 6 nitrogen and oxygen atoms in total. The minimum atomic E-state index is -1.21. The molecule has 0 radical (unpaired) electrons. The van der Waals surface area contributed by atoms with Crippen LogP contribution in [0.3, 0.4) is 0 Å². The summed E-state index contributed by atoms with van der Waals surface area (Å²) in [5.74, 6) is -1.29. The molecule has 1 saturated carbocycles. The maximum absolute atomic E-state index is 12.2. The molecule has 0 bridgehead atoms. The lowest BCUT2D eigenvalue weighted by Crippen LogP contribution is -2.30. The summed E-state index contributed by atoms with van der Waals surface area (Å²) in [6, 6.07) is 3.28. The second-order valence-corrected chi connectivity index (χ2v) is 6.30. The Labute approximate surface area is 142 Å². The van der Waals surface area contributed by atoms with E-state index in [0.29, 0.717) is 29.6 Å². The smallest absolute Gasteiger partial charge is 0.323 e. The monoisotopic (exact) mass is 419 g/mol. The van der Waals surface area contributed by atoms with Crippen LogP contribution in [0.25, 0.3) is 0 Å². The largest absolute Gasteiger partial charge is 0.496 e. The second kappa shape index (κ2) is 7.17. The Morgan fingerprint density at radius 2 is 1.91 bits per heavy atom. The molecule has 1 aromatic carbocycles. The first-order valence-electron chi connectivity index (χ1n) is 6.85. The van der Waals surface area contributed by atoms with Gasteiger partial charge in [-0.2, -0.15) is 0 Å². The van der Waals surface area contributed by atoms with Crippen LogP contribution in [0.15, 0.2) is 12.1 Å². The molecule has 2 rings (SSSR count). The minimum Gasteiger partial charge on any atom is -0.496 e. The van der Waals surface area contributed by atoms with E-state index in [2.05, 4.69) is 22.6 Å². The minimum absolute atomic E-state index is 0.326. The van der Waals surface area contributed by atoms with Gasteiger partial charge in [0.1, 0.15) is 11.5 Å². The zero-order chi connectivity index (χ0) is 16.3. The summed E-state index contributed by atoms with van der Waals surface area (Å²) in [6.07, 6.45) is 2.10. The van der Waals surface area contributed by atoms with Crippen LogP contribution in [0.4, 0.5) is 0 Å². The molecular formula is C15H18INO5.